The van der Waals surface area contributed by atoms with Crippen molar-refractivity contribution in [2.45, 2.75) is 32.2 Å². The highest BCUT2D eigenvalue weighted by atomic mass is 16.7. The zero-order valence-electron chi connectivity index (χ0n) is 12.9. The molecular weight excluding hydrogens is 280 g/mol. The van der Waals surface area contributed by atoms with Gasteiger partial charge in [-0.2, -0.15) is 0 Å². The zero-order valence-corrected chi connectivity index (χ0v) is 12.9. The van der Waals surface area contributed by atoms with Crippen molar-refractivity contribution in [3.63, 3.8) is 0 Å². The van der Waals surface area contributed by atoms with Gasteiger partial charge in [0.2, 0.25) is 0 Å². The van der Waals surface area contributed by atoms with Crippen LogP contribution in [-0.2, 0) is 9.47 Å². The van der Waals surface area contributed by atoms with Crippen LogP contribution in [0.2, 0.25) is 0 Å². The van der Waals surface area contributed by atoms with Crippen LogP contribution in [0.5, 0.6) is 5.75 Å². The van der Waals surface area contributed by atoms with E-state index in [1.807, 2.05) is 44.2 Å². The summed E-state index contributed by atoms with van der Waals surface area (Å²) in [7, 11) is 0. The number of hydrogen-bond donors (Lipinski definition) is 0. The van der Waals surface area contributed by atoms with Gasteiger partial charge in [-0.3, -0.25) is 4.79 Å². The van der Waals surface area contributed by atoms with Crippen LogP contribution in [0.4, 0.5) is 0 Å². The highest BCUT2D eigenvalue weighted by Crippen LogP contribution is 2.29. The van der Waals surface area contributed by atoms with Gasteiger partial charge in [-0.1, -0.05) is 24.3 Å². The molecule has 1 heterocycles. The van der Waals surface area contributed by atoms with Gasteiger partial charge in [-0.05, 0) is 31.4 Å². The summed E-state index contributed by atoms with van der Waals surface area (Å²) in [6.07, 6.45) is 1.71. The van der Waals surface area contributed by atoms with Crippen LogP contribution in [0.15, 0.2) is 36.4 Å². The number of benzene rings is 2. The van der Waals surface area contributed by atoms with Crippen LogP contribution < -0.4 is 4.74 Å². The fraction of sp³-hybridized carbons (Fsp3) is 0.389. The van der Waals surface area contributed by atoms with Crippen molar-refractivity contribution >= 4 is 17.1 Å². The molecule has 1 aliphatic rings. The Morgan fingerprint density at radius 1 is 1.23 bits per heavy atom. The molecule has 1 unspecified atom stereocenters. The molecule has 1 aliphatic heterocycles. The number of ether oxygens (including phenoxy) is 3. The van der Waals surface area contributed by atoms with Gasteiger partial charge in [0.15, 0.2) is 12.1 Å². The third-order valence-corrected chi connectivity index (χ3v) is 3.81. The second-order valence-electron chi connectivity index (χ2n) is 5.90. The summed E-state index contributed by atoms with van der Waals surface area (Å²) in [4.78, 5) is 11.1. The lowest BCUT2D eigenvalue weighted by molar-refractivity contribution is -0.139. The number of carbonyl (C=O) groups is 1. The number of carbonyl (C=O) groups excluding carboxylic acids is 1. The monoisotopic (exact) mass is 300 g/mol. The van der Waals surface area contributed by atoms with E-state index in [2.05, 4.69) is 0 Å². The minimum atomic E-state index is -0.497. The van der Waals surface area contributed by atoms with Crippen LogP contribution >= 0.6 is 0 Å². The molecule has 1 fully saturated rings. The largest absolute Gasteiger partial charge is 0.493 e. The second kappa shape index (κ2) is 6.07. The lowest BCUT2D eigenvalue weighted by Crippen LogP contribution is -2.22. The first-order valence-corrected chi connectivity index (χ1v) is 7.50. The standard InChI is InChI=1S/C18H20O4/c1-18(2)21-12-14(22-18)9-10-20-17-8-7-13(11-19)15-5-3-4-6-16(15)17/h3-8,11,14H,9-10,12H2,1-2H3. The van der Waals surface area contributed by atoms with Crippen molar-refractivity contribution < 1.29 is 19.0 Å². The van der Waals surface area contributed by atoms with Crippen LogP contribution in [0, 0.1) is 0 Å². The zero-order chi connectivity index (χ0) is 15.6. The lowest BCUT2D eigenvalue weighted by atomic mass is 10.0. The Bertz CT molecular complexity index is 678. The van der Waals surface area contributed by atoms with E-state index in [1.54, 1.807) is 6.07 Å². The molecule has 4 heteroatoms. The fourth-order valence-corrected chi connectivity index (χ4v) is 2.73. The molecule has 0 bridgehead atoms. The Kier molecular flexibility index (Phi) is 4.14. The van der Waals surface area contributed by atoms with E-state index in [0.717, 1.165) is 29.2 Å². The molecule has 1 atom stereocenters. The molecule has 1 saturated heterocycles. The van der Waals surface area contributed by atoms with E-state index in [-0.39, 0.29) is 6.10 Å². The normalized spacial score (nSPS) is 20.2. The van der Waals surface area contributed by atoms with Crippen molar-refractivity contribution in [2.24, 2.45) is 0 Å². The summed E-state index contributed by atoms with van der Waals surface area (Å²) < 4.78 is 17.2. The Morgan fingerprint density at radius 2 is 2.00 bits per heavy atom. The van der Waals surface area contributed by atoms with Gasteiger partial charge in [0.1, 0.15) is 5.75 Å². The Morgan fingerprint density at radius 3 is 2.68 bits per heavy atom. The molecule has 22 heavy (non-hydrogen) atoms. The molecule has 3 rings (SSSR count). The first kappa shape index (κ1) is 15.0. The minimum absolute atomic E-state index is 0.0653. The van der Waals surface area contributed by atoms with Crippen molar-refractivity contribution in [1.29, 1.82) is 0 Å². The predicted molar refractivity (Wildman–Crippen MR) is 84.4 cm³/mol. The quantitative estimate of drug-likeness (QED) is 0.792. The number of hydrogen-bond acceptors (Lipinski definition) is 4. The molecule has 2 aromatic carbocycles. The van der Waals surface area contributed by atoms with Crippen LogP contribution in [-0.4, -0.2) is 31.4 Å². The van der Waals surface area contributed by atoms with Gasteiger partial charge in [0.25, 0.3) is 0 Å². The smallest absolute Gasteiger partial charge is 0.163 e. The summed E-state index contributed by atoms with van der Waals surface area (Å²) in [5.41, 5.74) is 0.678. The number of aldehydes is 1. The summed E-state index contributed by atoms with van der Waals surface area (Å²) >= 11 is 0. The third kappa shape index (κ3) is 3.13. The predicted octanol–water partition coefficient (Wildman–Crippen LogP) is 3.57. The third-order valence-electron chi connectivity index (χ3n) is 3.81. The molecule has 0 N–H and O–H groups in total. The van der Waals surface area contributed by atoms with E-state index in [0.29, 0.717) is 18.8 Å². The molecule has 0 spiro atoms. The van der Waals surface area contributed by atoms with Gasteiger partial charge in [-0.25, -0.2) is 0 Å². The lowest BCUT2D eigenvalue weighted by Gasteiger charge is -2.17. The van der Waals surface area contributed by atoms with E-state index < -0.39 is 5.79 Å². The maximum atomic E-state index is 11.1. The Hall–Kier alpha value is -1.91. The Balaban J connectivity index is 1.68. The number of fused-ring (bicyclic) bond motifs is 1. The molecule has 0 saturated carbocycles. The van der Waals surface area contributed by atoms with Crippen LogP contribution in [0.3, 0.4) is 0 Å². The number of rotatable bonds is 5. The van der Waals surface area contributed by atoms with Crippen molar-refractivity contribution in [3.8, 4) is 5.75 Å². The SMILES string of the molecule is CC1(C)OCC(CCOc2ccc(C=O)c3ccccc23)O1. The highest BCUT2D eigenvalue weighted by molar-refractivity contribution is 6.00. The van der Waals surface area contributed by atoms with Crippen molar-refractivity contribution in [1.82, 2.24) is 0 Å². The van der Waals surface area contributed by atoms with Crippen molar-refractivity contribution in [2.75, 3.05) is 13.2 Å². The average molecular weight is 300 g/mol. The molecular formula is C18H20O4. The van der Waals surface area contributed by atoms with Crippen LogP contribution in [0.1, 0.15) is 30.6 Å². The first-order chi connectivity index (χ1) is 10.6. The van der Waals surface area contributed by atoms with Crippen molar-refractivity contribution in [3.05, 3.63) is 42.0 Å². The summed E-state index contributed by atoms with van der Waals surface area (Å²) in [6, 6.07) is 11.4. The van der Waals surface area contributed by atoms with Gasteiger partial charge in [0, 0.05) is 17.4 Å². The van der Waals surface area contributed by atoms with E-state index in [4.69, 9.17) is 14.2 Å². The second-order valence-corrected chi connectivity index (χ2v) is 5.90. The van der Waals surface area contributed by atoms with Gasteiger partial charge < -0.3 is 14.2 Å². The summed E-state index contributed by atoms with van der Waals surface area (Å²) in [6.45, 7) is 4.98. The first-order valence-electron chi connectivity index (χ1n) is 7.50. The Labute approximate surface area is 130 Å². The topological polar surface area (TPSA) is 44.8 Å². The molecule has 0 aromatic heterocycles. The van der Waals surface area contributed by atoms with Gasteiger partial charge in [0.05, 0.1) is 19.3 Å². The van der Waals surface area contributed by atoms with E-state index >= 15 is 0 Å². The molecule has 0 aliphatic carbocycles. The maximum absolute atomic E-state index is 11.1. The highest BCUT2D eigenvalue weighted by Gasteiger charge is 2.32. The van der Waals surface area contributed by atoms with E-state index in [1.165, 1.54) is 0 Å². The molecule has 0 radical (unpaired) electrons. The van der Waals surface area contributed by atoms with Gasteiger partial charge >= 0.3 is 0 Å². The van der Waals surface area contributed by atoms with Crippen LogP contribution in [0.25, 0.3) is 10.8 Å². The van der Waals surface area contributed by atoms with E-state index in [9.17, 15) is 4.79 Å². The fourth-order valence-electron chi connectivity index (χ4n) is 2.73. The molecule has 0 amide bonds. The van der Waals surface area contributed by atoms with Gasteiger partial charge in [-0.15, -0.1) is 0 Å². The summed E-state index contributed by atoms with van der Waals surface area (Å²) in [5, 5.41) is 1.87. The molecule has 116 valence electrons. The summed E-state index contributed by atoms with van der Waals surface area (Å²) in [5.74, 6) is 0.294. The molecule has 2 aromatic rings. The average Bonchev–Trinajstić information content (AvgIpc) is 2.86. The maximum Gasteiger partial charge on any atom is 0.163 e. The molecule has 4 nitrogen and oxygen atoms in total. The minimum Gasteiger partial charge on any atom is -0.493 e.